The van der Waals surface area contributed by atoms with Crippen LogP contribution in [-0.2, 0) is 11.2 Å². The number of aromatic amines is 1. The molecule has 2 heterocycles. The third-order valence-electron chi connectivity index (χ3n) is 7.12. The maximum atomic E-state index is 13.5. The minimum atomic E-state index is -0.261. The molecular formula is C30H33FN4O. The quantitative estimate of drug-likeness (QED) is 0.370. The van der Waals surface area contributed by atoms with Crippen molar-refractivity contribution in [2.24, 2.45) is 0 Å². The summed E-state index contributed by atoms with van der Waals surface area (Å²) in [5.41, 5.74) is 5.09. The molecule has 5 rings (SSSR count). The third kappa shape index (κ3) is 5.66. The molecule has 3 aromatic carbocycles. The van der Waals surface area contributed by atoms with Gasteiger partial charge in [0.1, 0.15) is 5.82 Å². The van der Waals surface area contributed by atoms with Crippen LogP contribution in [0.25, 0.3) is 22.2 Å². The van der Waals surface area contributed by atoms with Gasteiger partial charge in [0.25, 0.3) is 0 Å². The van der Waals surface area contributed by atoms with Crippen LogP contribution in [0, 0.1) is 5.82 Å². The average Bonchev–Trinajstić information content (AvgIpc) is 3.28. The number of carbonyl (C=O) groups excluding carboxylic acids is 1. The number of likely N-dealkylation sites (N-methyl/N-ethyl adjacent to an activating group) is 1. The molecule has 1 fully saturated rings. The summed E-state index contributed by atoms with van der Waals surface area (Å²) < 4.78 is 13.5. The number of amides is 1. The van der Waals surface area contributed by atoms with E-state index in [4.69, 9.17) is 0 Å². The number of aryl methyl sites for hydroxylation is 1. The van der Waals surface area contributed by atoms with Crippen molar-refractivity contribution in [1.29, 1.82) is 0 Å². The Morgan fingerprint density at radius 2 is 1.64 bits per heavy atom. The summed E-state index contributed by atoms with van der Waals surface area (Å²) in [4.78, 5) is 21.5. The Morgan fingerprint density at radius 3 is 2.39 bits per heavy atom. The van der Waals surface area contributed by atoms with E-state index in [1.165, 1.54) is 12.1 Å². The van der Waals surface area contributed by atoms with Crippen molar-refractivity contribution in [3.63, 3.8) is 0 Å². The highest BCUT2D eigenvalue weighted by Gasteiger charge is 2.22. The largest absolute Gasteiger partial charge is 0.354 e. The SMILES string of the molecule is CN1CCN(CC(NC(=O)CCc2c(-c3ccc(F)cc3)[nH]c3ccccc23)c2ccccc2)CC1. The molecule has 1 amide bonds. The number of rotatable bonds is 8. The minimum absolute atomic E-state index is 0.0355. The van der Waals surface area contributed by atoms with Crippen LogP contribution in [-0.4, -0.2) is 60.5 Å². The van der Waals surface area contributed by atoms with Gasteiger partial charge in [-0.3, -0.25) is 9.69 Å². The Labute approximate surface area is 211 Å². The number of hydrogen-bond acceptors (Lipinski definition) is 3. The fraction of sp³-hybridized carbons (Fsp3) is 0.300. The highest BCUT2D eigenvalue weighted by Crippen LogP contribution is 2.31. The summed E-state index contributed by atoms with van der Waals surface area (Å²) in [5, 5.41) is 4.41. The molecular weight excluding hydrogens is 451 g/mol. The molecule has 4 aromatic rings. The van der Waals surface area contributed by atoms with Crippen LogP contribution in [0.15, 0.2) is 78.9 Å². The maximum Gasteiger partial charge on any atom is 0.220 e. The van der Waals surface area contributed by atoms with E-state index in [2.05, 4.69) is 45.3 Å². The van der Waals surface area contributed by atoms with Gasteiger partial charge in [-0.25, -0.2) is 4.39 Å². The topological polar surface area (TPSA) is 51.4 Å². The fourth-order valence-electron chi connectivity index (χ4n) is 5.04. The molecule has 0 aliphatic carbocycles. The highest BCUT2D eigenvalue weighted by molar-refractivity contribution is 5.91. The van der Waals surface area contributed by atoms with Gasteiger partial charge in [-0.2, -0.15) is 0 Å². The zero-order chi connectivity index (χ0) is 24.9. The first kappa shape index (κ1) is 24.2. The van der Waals surface area contributed by atoms with E-state index in [0.29, 0.717) is 12.8 Å². The molecule has 36 heavy (non-hydrogen) atoms. The van der Waals surface area contributed by atoms with Gasteiger partial charge in [-0.15, -0.1) is 0 Å². The zero-order valence-corrected chi connectivity index (χ0v) is 20.7. The number of H-pyrrole nitrogens is 1. The van der Waals surface area contributed by atoms with Gasteiger partial charge in [0.05, 0.1) is 6.04 Å². The molecule has 6 heteroatoms. The molecule has 1 aliphatic rings. The second-order valence-electron chi connectivity index (χ2n) is 9.67. The molecule has 0 saturated carbocycles. The molecule has 1 aliphatic heterocycles. The smallest absolute Gasteiger partial charge is 0.220 e. The van der Waals surface area contributed by atoms with Gasteiger partial charge in [-0.1, -0.05) is 48.5 Å². The lowest BCUT2D eigenvalue weighted by Gasteiger charge is -2.35. The summed E-state index contributed by atoms with van der Waals surface area (Å²) in [6.45, 7) is 4.90. The Kier molecular flexibility index (Phi) is 7.44. The van der Waals surface area contributed by atoms with Gasteiger partial charge < -0.3 is 15.2 Å². The summed E-state index contributed by atoms with van der Waals surface area (Å²) >= 11 is 0. The molecule has 1 saturated heterocycles. The number of nitrogens with one attached hydrogen (secondary N) is 2. The molecule has 0 radical (unpaired) electrons. The van der Waals surface area contributed by atoms with Gasteiger partial charge in [0.15, 0.2) is 0 Å². The summed E-state index contributed by atoms with van der Waals surface area (Å²) in [7, 11) is 2.15. The van der Waals surface area contributed by atoms with Crippen molar-refractivity contribution in [2.75, 3.05) is 39.8 Å². The molecule has 2 N–H and O–H groups in total. The van der Waals surface area contributed by atoms with E-state index >= 15 is 0 Å². The van der Waals surface area contributed by atoms with Crippen molar-refractivity contribution in [2.45, 2.75) is 18.9 Å². The molecule has 0 bridgehead atoms. The molecule has 1 atom stereocenters. The van der Waals surface area contributed by atoms with Crippen molar-refractivity contribution in [1.82, 2.24) is 20.1 Å². The lowest BCUT2D eigenvalue weighted by molar-refractivity contribution is -0.122. The minimum Gasteiger partial charge on any atom is -0.354 e. The van der Waals surface area contributed by atoms with Crippen LogP contribution in [0.3, 0.4) is 0 Å². The van der Waals surface area contributed by atoms with E-state index in [1.54, 1.807) is 12.1 Å². The van der Waals surface area contributed by atoms with Crippen LogP contribution < -0.4 is 5.32 Å². The van der Waals surface area contributed by atoms with Gasteiger partial charge >= 0.3 is 0 Å². The Hall–Kier alpha value is -3.48. The number of benzene rings is 3. The van der Waals surface area contributed by atoms with E-state index in [1.807, 2.05) is 36.4 Å². The Bertz CT molecular complexity index is 1290. The fourth-order valence-corrected chi connectivity index (χ4v) is 5.04. The number of hydrogen-bond donors (Lipinski definition) is 2. The van der Waals surface area contributed by atoms with Crippen molar-refractivity contribution >= 4 is 16.8 Å². The van der Waals surface area contributed by atoms with E-state index < -0.39 is 0 Å². The van der Waals surface area contributed by atoms with Gasteiger partial charge in [-0.05, 0) is 60.5 Å². The predicted molar refractivity (Wildman–Crippen MR) is 143 cm³/mol. The first-order valence-corrected chi connectivity index (χ1v) is 12.7. The van der Waals surface area contributed by atoms with E-state index in [-0.39, 0.29) is 17.8 Å². The molecule has 0 spiro atoms. The Balaban J connectivity index is 1.32. The van der Waals surface area contributed by atoms with Crippen molar-refractivity contribution in [3.8, 4) is 11.3 Å². The van der Waals surface area contributed by atoms with Crippen molar-refractivity contribution in [3.05, 3.63) is 95.8 Å². The number of para-hydroxylation sites is 1. The zero-order valence-electron chi connectivity index (χ0n) is 20.7. The summed E-state index contributed by atoms with van der Waals surface area (Å²) in [6, 6.07) is 24.8. The molecule has 1 unspecified atom stereocenters. The monoisotopic (exact) mass is 484 g/mol. The normalized spacial score (nSPS) is 15.7. The second kappa shape index (κ2) is 11.1. The van der Waals surface area contributed by atoms with E-state index in [0.717, 1.165) is 66.0 Å². The summed E-state index contributed by atoms with van der Waals surface area (Å²) in [6.07, 6.45) is 0.973. The lowest BCUT2D eigenvalue weighted by atomic mass is 10.0. The summed E-state index contributed by atoms with van der Waals surface area (Å²) in [5.74, 6) is -0.226. The number of nitrogens with zero attached hydrogens (tertiary/aromatic N) is 2. The number of piperazine rings is 1. The van der Waals surface area contributed by atoms with Crippen molar-refractivity contribution < 1.29 is 9.18 Å². The van der Waals surface area contributed by atoms with Gasteiger partial charge in [0.2, 0.25) is 5.91 Å². The molecule has 5 nitrogen and oxygen atoms in total. The lowest BCUT2D eigenvalue weighted by Crippen LogP contribution is -2.47. The number of aromatic nitrogens is 1. The van der Waals surface area contributed by atoms with Crippen LogP contribution >= 0.6 is 0 Å². The predicted octanol–water partition coefficient (Wildman–Crippen LogP) is 5.01. The van der Waals surface area contributed by atoms with E-state index in [9.17, 15) is 9.18 Å². The van der Waals surface area contributed by atoms with Crippen LogP contribution in [0.5, 0.6) is 0 Å². The van der Waals surface area contributed by atoms with Gasteiger partial charge in [0, 0.05) is 55.7 Å². The number of halogens is 1. The first-order chi connectivity index (χ1) is 17.6. The maximum absolute atomic E-state index is 13.5. The van der Waals surface area contributed by atoms with Crippen LogP contribution in [0.4, 0.5) is 4.39 Å². The standard InChI is InChI=1S/C30H33FN4O/c1-34-17-19-35(20-18-34)21-28(22-7-3-2-4-8-22)32-29(36)16-15-26-25-9-5-6-10-27(25)33-30(26)23-11-13-24(31)14-12-23/h2-14,28,33H,15-21H2,1H3,(H,32,36). The van der Waals surface area contributed by atoms with Crippen LogP contribution in [0.2, 0.25) is 0 Å². The Morgan fingerprint density at radius 1 is 0.944 bits per heavy atom. The number of fused-ring (bicyclic) bond motifs is 1. The second-order valence-corrected chi connectivity index (χ2v) is 9.67. The average molecular weight is 485 g/mol. The number of carbonyl (C=O) groups is 1. The highest BCUT2D eigenvalue weighted by atomic mass is 19.1. The molecule has 186 valence electrons. The third-order valence-corrected chi connectivity index (χ3v) is 7.12. The first-order valence-electron chi connectivity index (χ1n) is 12.7. The van der Waals surface area contributed by atoms with Crippen LogP contribution in [0.1, 0.15) is 23.6 Å². The molecule has 1 aromatic heterocycles.